The lowest BCUT2D eigenvalue weighted by Gasteiger charge is -2.45. The molecule has 2 aliphatic carbocycles. The van der Waals surface area contributed by atoms with Crippen LogP contribution in [0.25, 0.3) is 0 Å². The molecule has 1 aromatic carbocycles. The second kappa shape index (κ2) is 11.6. The van der Waals surface area contributed by atoms with E-state index in [9.17, 15) is 19.2 Å². The molecule has 0 unspecified atom stereocenters. The van der Waals surface area contributed by atoms with Gasteiger partial charge in [-0.3, -0.25) is 5.43 Å². The van der Waals surface area contributed by atoms with E-state index >= 15 is 0 Å². The normalized spacial score (nSPS) is 30.9. The van der Waals surface area contributed by atoms with Gasteiger partial charge in [0.2, 0.25) is 5.13 Å². The molecular weight excluding hydrogens is 624 g/mol. The zero-order valence-electron chi connectivity index (χ0n) is 26.4. The molecule has 0 radical (unpaired) electrons. The summed E-state index contributed by atoms with van der Waals surface area (Å²) in [4.78, 5) is 57.7. The van der Waals surface area contributed by atoms with Gasteiger partial charge in [-0.2, -0.15) is 5.10 Å². The first-order valence-electron chi connectivity index (χ1n) is 15.9. The van der Waals surface area contributed by atoms with E-state index in [2.05, 4.69) is 46.4 Å². The van der Waals surface area contributed by atoms with Gasteiger partial charge in [-0.25, -0.2) is 24.2 Å². The predicted octanol–water partition coefficient (Wildman–Crippen LogP) is 5.12. The van der Waals surface area contributed by atoms with Crippen LogP contribution in [0.2, 0.25) is 0 Å². The molecule has 0 amide bonds. The molecule has 2 aromatic rings. The number of rotatable bonds is 4. The number of nitrogens with zero attached hydrogens (tertiary/aromatic N) is 3. The maximum atomic E-state index is 13.1. The van der Waals surface area contributed by atoms with Crippen LogP contribution >= 0.6 is 11.3 Å². The van der Waals surface area contributed by atoms with Gasteiger partial charge in [0.15, 0.2) is 0 Å². The molecule has 1 N–H and O–H groups in total. The second-order valence-electron chi connectivity index (χ2n) is 13.3. The topological polar surface area (TPSA) is 146 Å². The Balaban J connectivity index is 0.937. The van der Waals surface area contributed by atoms with E-state index in [1.165, 1.54) is 23.0 Å². The summed E-state index contributed by atoms with van der Waals surface area (Å²) in [5.41, 5.74) is 4.92. The van der Waals surface area contributed by atoms with Crippen LogP contribution in [0.1, 0.15) is 70.8 Å². The standard InChI is InChI=1S/C34H36N4O8S/c1-32(2)23-6-4-5-7-24(23)38(3)25(32)9-8-22-27(39)43-33(44-28(22)40)14-10-20(11-15-33)21-12-16-34(17-13-21)45-29(41)26(30(42)46-34)36-37-31-35-18-19-47-31/h4-9,18-21H,10-17H2,1-3H3,(H,35,37)/b22-8?,25-9-,36-26?. The Morgan fingerprint density at radius 3 is 1.94 bits per heavy atom. The van der Waals surface area contributed by atoms with Crippen molar-refractivity contribution in [2.45, 2.75) is 82.2 Å². The third-order valence-electron chi connectivity index (χ3n) is 10.2. The minimum Gasteiger partial charge on any atom is -0.419 e. The minimum absolute atomic E-state index is 0.119. The van der Waals surface area contributed by atoms with Gasteiger partial charge in [0, 0.05) is 61.1 Å². The summed E-state index contributed by atoms with van der Waals surface area (Å²) in [7, 11) is 1.97. The summed E-state index contributed by atoms with van der Waals surface area (Å²) in [6.45, 7) is 4.22. The Morgan fingerprint density at radius 2 is 1.40 bits per heavy atom. The van der Waals surface area contributed by atoms with E-state index in [1.54, 1.807) is 17.7 Å². The maximum absolute atomic E-state index is 13.1. The number of nitrogens with one attached hydrogen (secondary N) is 1. The molecule has 2 saturated heterocycles. The fourth-order valence-corrected chi connectivity index (χ4v) is 8.15. The van der Waals surface area contributed by atoms with Crippen LogP contribution in [-0.4, -0.2) is 53.2 Å². The van der Waals surface area contributed by atoms with Crippen LogP contribution < -0.4 is 10.3 Å². The van der Waals surface area contributed by atoms with Gasteiger partial charge in [0.05, 0.1) is 0 Å². The first-order chi connectivity index (χ1) is 22.5. The number of carbonyl (C=O) groups excluding carboxylic acids is 4. The number of allylic oxidation sites excluding steroid dienone is 3. The van der Waals surface area contributed by atoms with Crippen molar-refractivity contribution < 1.29 is 38.1 Å². The monoisotopic (exact) mass is 660 g/mol. The molecule has 0 atom stereocenters. The number of hydrogen-bond acceptors (Lipinski definition) is 13. The number of aromatic nitrogens is 1. The van der Waals surface area contributed by atoms with E-state index in [4.69, 9.17) is 18.9 Å². The van der Waals surface area contributed by atoms with E-state index in [0.29, 0.717) is 68.3 Å². The summed E-state index contributed by atoms with van der Waals surface area (Å²) in [5, 5.41) is 6.01. The molecule has 0 bridgehead atoms. The van der Waals surface area contributed by atoms with Gasteiger partial charge in [-0.05, 0) is 61.3 Å². The SMILES string of the molecule is CN1/C(=C\C=C2C(=O)OC3(CCC(C4CCC5(CC4)OC(=O)C(=NNc4nccs4)C(=O)O5)CC3)OC2=O)C(C)(C)c2ccccc21. The number of fused-ring (bicyclic) bond motifs is 1. The Labute approximate surface area is 275 Å². The van der Waals surface area contributed by atoms with E-state index in [1.807, 2.05) is 19.2 Å². The molecule has 7 rings (SSSR count). The van der Waals surface area contributed by atoms with E-state index in [0.717, 1.165) is 11.4 Å². The average Bonchev–Trinajstić information content (AvgIpc) is 3.62. The number of ether oxygens (including phenoxy) is 4. The summed E-state index contributed by atoms with van der Waals surface area (Å²) >= 11 is 1.27. The van der Waals surface area contributed by atoms with Crippen LogP contribution in [0.4, 0.5) is 10.8 Å². The van der Waals surface area contributed by atoms with Crippen molar-refractivity contribution in [2.75, 3.05) is 17.4 Å². The number of esters is 4. The fraction of sp³-hybridized carbons (Fsp3) is 0.471. The summed E-state index contributed by atoms with van der Waals surface area (Å²) in [6, 6.07) is 8.13. The van der Waals surface area contributed by atoms with E-state index < -0.39 is 41.2 Å². The zero-order chi connectivity index (χ0) is 33.0. The molecule has 13 heteroatoms. The quantitative estimate of drug-likeness (QED) is 0.202. The Hall–Kier alpha value is -4.52. The van der Waals surface area contributed by atoms with Crippen molar-refractivity contribution in [2.24, 2.45) is 16.9 Å². The van der Waals surface area contributed by atoms with Crippen molar-refractivity contribution in [1.29, 1.82) is 0 Å². The molecule has 3 aliphatic heterocycles. The third-order valence-corrected chi connectivity index (χ3v) is 10.9. The van der Waals surface area contributed by atoms with Crippen molar-refractivity contribution in [3.05, 3.63) is 64.8 Å². The summed E-state index contributed by atoms with van der Waals surface area (Å²) in [5.74, 6) is -4.94. The van der Waals surface area contributed by atoms with Crippen LogP contribution in [0, 0.1) is 11.8 Å². The molecule has 47 heavy (non-hydrogen) atoms. The van der Waals surface area contributed by atoms with Crippen molar-refractivity contribution in [1.82, 2.24) is 4.98 Å². The first kappa shape index (κ1) is 31.1. The molecule has 1 aromatic heterocycles. The van der Waals surface area contributed by atoms with Crippen molar-refractivity contribution >= 4 is 51.7 Å². The lowest BCUT2D eigenvalue weighted by atomic mass is 9.70. The summed E-state index contributed by atoms with van der Waals surface area (Å²) < 4.78 is 22.9. The zero-order valence-corrected chi connectivity index (χ0v) is 27.3. The molecule has 4 fully saturated rings. The van der Waals surface area contributed by atoms with Crippen molar-refractivity contribution in [3.63, 3.8) is 0 Å². The van der Waals surface area contributed by atoms with Gasteiger partial charge in [-0.1, -0.05) is 32.0 Å². The minimum atomic E-state index is -1.29. The van der Waals surface area contributed by atoms with Gasteiger partial charge in [0.25, 0.3) is 17.3 Å². The van der Waals surface area contributed by atoms with Crippen molar-refractivity contribution in [3.8, 4) is 0 Å². The largest absolute Gasteiger partial charge is 0.419 e. The van der Waals surface area contributed by atoms with Crippen LogP contribution in [0.5, 0.6) is 0 Å². The number of anilines is 2. The first-order valence-corrected chi connectivity index (χ1v) is 16.8. The third kappa shape index (κ3) is 5.60. The molecule has 12 nitrogen and oxygen atoms in total. The molecule has 4 heterocycles. The number of hydrazone groups is 1. The van der Waals surface area contributed by atoms with Crippen LogP contribution in [-0.2, 0) is 43.5 Å². The molecule has 2 spiro atoms. The highest BCUT2D eigenvalue weighted by atomic mass is 32.1. The second-order valence-corrected chi connectivity index (χ2v) is 14.2. The predicted molar refractivity (Wildman–Crippen MR) is 171 cm³/mol. The molecule has 5 aliphatic rings. The highest BCUT2D eigenvalue weighted by Crippen LogP contribution is 2.49. The van der Waals surface area contributed by atoms with Crippen LogP contribution in [0.15, 0.2) is 64.4 Å². The maximum Gasteiger partial charge on any atom is 0.369 e. The highest BCUT2D eigenvalue weighted by Gasteiger charge is 2.53. The molecule has 2 saturated carbocycles. The molecular formula is C34H36N4O8S. The number of hydrogen-bond donors (Lipinski definition) is 1. The lowest BCUT2D eigenvalue weighted by molar-refractivity contribution is -0.253. The number of benzene rings is 1. The van der Waals surface area contributed by atoms with Gasteiger partial charge in [0.1, 0.15) is 5.57 Å². The number of para-hydroxylation sites is 1. The smallest absolute Gasteiger partial charge is 0.369 e. The Morgan fingerprint density at radius 1 is 0.851 bits per heavy atom. The fourth-order valence-electron chi connectivity index (χ4n) is 7.68. The van der Waals surface area contributed by atoms with Gasteiger partial charge >= 0.3 is 23.9 Å². The van der Waals surface area contributed by atoms with Crippen LogP contribution in [0.3, 0.4) is 0 Å². The molecule has 246 valence electrons. The Kier molecular flexibility index (Phi) is 7.69. The highest BCUT2D eigenvalue weighted by molar-refractivity contribution is 7.13. The number of likely N-dealkylation sites (N-methyl/N-ethyl adjacent to an activating group) is 1. The average molecular weight is 661 g/mol. The van der Waals surface area contributed by atoms with E-state index in [-0.39, 0.29) is 11.0 Å². The number of thiazole rings is 1. The number of carbonyl (C=O) groups is 4. The Bertz CT molecular complexity index is 1670. The van der Waals surface area contributed by atoms with Gasteiger partial charge in [-0.15, -0.1) is 11.3 Å². The lowest BCUT2D eigenvalue weighted by Crippen LogP contribution is -2.53. The van der Waals surface area contributed by atoms with Gasteiger partial charge < -0.3 is 23.8 Å². The summed E-state index contributed by atoms with van der Waals surface area (Å²) in [6.07, 6.45) is 9.27.